The largest absolute Gasteiger partial charge is 0.480 e. The van der Waals surface area contributed by atoms with Crippen LogP contribution in [0.15, 0.2) is 127 Å². The zero-order valence-electron chi connectivity index (χ0n) is 28.5. The Morgan fingerprint density at radius 2 is 1.15 bits per heavy atom. The van der Waals surface area contributed by atoms with E-state index < -0.39 is 35.9 Å². The summed E-state index contributed by atoms with van der Waals surface area (Å²) in [5, 5.41) is 22.7. The van der Waals surface area contributed by atoms with Crippen LogP contribution < -0.4 is 16.4 Å². The van der Waals surface area contributed by atoms with Crippen LogP contribution in [0.2, 0.25) is 0 Å². The van der Waals surface area contributed by atoms with E-state index in [-0.39, 0.29) is 19.3 Å². The third kappa shape index (κ3) is 7.31. The van der Waals surface area contributed by atoms with Crippen LogP contribution in [0.3, 0.4) is 0 Å². The smallest absolute Gasteiger partial charge is 0.326 e. The predicted octanol–water partition coefficient (Wildman–Crippen LogP) is 8.56. The van der Waals surface area contributed by atoms with Gasteiger partial charge in [0.1, 0.15) is 12.1 Å². The van der Waals surface area contributed by atoms with Crippen molar-refractivity contribution in [3.8, 4) is 10.4 Å². The molecule has 0 aliphatic rings. The highest BCUT2D eigenvalue weighted by molar-refractivity contribution is 7.27. The van der Waals surface area contributed by atoms with Gasteiger partial charge >= 0.3 is 5.97 Å². The summed E-state index contributed by atoms with van der Waals surface area (Å²) in [6, 6.07) is 36.8. The molecule has 7 nitrogen and oxygen atoms in total. The minimum Gasteiger partial charge on any atom is -0.480 e. The van der Waals surface area contributed by atoms with Crippen LogP contribution in [0.4, 0.5) is 0 Å². The van der Waals surface area contributed by atoms with Gasteiger partial charge in [-0.15, -0.1) is 34.0 Å². The third-order valence-corrected chi connectivity index (χ3v) is 12.7. The van der Waals surface area contributed by atoms with E-state index in [1.807, 2.05) is 84.1 Å². The number of aliphatic carboxylic acids is 1. The molecular formula is C43H35N3O4S3. The van der Waals surface area contributed by atoms with Crippen molar-refractivity contribution in [3.63, 3.8) is 0 Å². The molecule has 264 valence electrons. The van der Waals surface area contributed by atoms with E-state index in [1.54, 1.807) is 22.7 Å². The number of rotatable bonds is 12. The summed E-state index contributed by atoms with van der Waals surface area (Å²) in [6.07, 6.45) is 0.555. The standard InChI is InChI=1S/C43H35N3O4S3/c44-31(41(47)45-32(22-25-7-3-1-4-8-25)42(48)46-33(43(49)50)23-26-9-5-2-6-10-26)21-27-11-13-28(14-12-27)38-24-30-35(52-38)16-18-37-40(30)39-29-19-20-51-34(29)15-17-36(39)53-37/h1-20,24,31-33H,21-23,44H2,(H,45,47)(H,46,48)(H,49,50)/t31-,32-,33+/m0/s1. The SMILES string of the molecule is N[C@@H](Cc1ccc(-c2cc3c(ccc4sc5ccc6sccc6c5c43)s2)cc1)C(=O)N[C@@H](Cc1ccccc1)C(=O)N[C@H](Cc1ccccc1)C(=O)O. The Balaban J connectivity index is 0.977. The first-order valence-electron chi connectivity index (χ1n) is 17.3. The molecule has 0 saturated carbocycles. The Hall–Kier alpha value is -5.39. The van der Waals surface area contributed by atoms with Gasteiger partial charge in [-0.3, -0.25) is 9.59 Å². The van der Waals surface area contributed by atoms with Crippen molar-refractivity contribution in [2.24, 2.45) is 5.73 Å². The van der Waals surface area contributed by atoms with Crippen molar-refractivity contribution in [2.45, 2.75) is 37.4 Å². The highest BCUT2D eigenvalue weighted by atomic mass is 32.1. The van der Waals surface area contributed by atoms with Gasteiger partial charge in [-0.05, 0) is 70.5 Å². The monoisotopic (exact) mass is 753 g/mol. The summed E-state index contributed by atoms with van der Waals surface area (Å²) >= 11 is 5.38. The van der Waals surface area contributed by atoms with Gasteiger partial charge in [0.05, 0.1) is 6.04 Å². The number of nitrogens with one attached hydrogen (secondary N) is 2. The van der Waals surface area contributed by atoms with Crippen LogP contribution >= 0.6 is 34.0 Å². The maximum atomic E-state index is 13.5. The first-order chi connectivity index (χ1) is 25.8. The molecule has 0 bridgehead atoms. The van der Waals surface area contributed by atoms with E-state index in [9.17, 15) is 19.5 Å². The van der Waals surface area contributed by atoms with Gasteiger partial charge in [-0.2, -0.15) is 0 Å². The van der Waals surface area contributed by atoms with E-state index in [0.717, 1.165) is 22.3 Å². The summed E-state index contributed by atoms with van der Waals surface area (Å²) in [5.41, 5.74) is 10.0. The lowest BCUT2D eigenvalue weighted by Gasteiger charge is -2.23. The van der Waals surface area contributed by atoms with E-state index in [1.165, 1.54) is 45.2 Å². The van der Waals surface area contributed by atoms with Gasteiger partial charge in [0.15, 0.2) is 0 Å². The Kier molecular flexibility index (Phi) is 9.76. The number of carboxylic acid groups (broad SMARTS) is 1. The van der Waals surface area contributed by atoms with Crippen LogP contribution in [-0.2, 0) is 33.6 Å². The number of carbonyl (C=O) groups is 3. The lowest BCUT2D eigenvalue weighted by atomic mass is 10.0. The molecule has 0 saturated heterocycles. The van der Waals surface area contributed by atoms with Gasteiger partial charge in [-0.25, -0.2) is 4.79 Å². The fourth-order valence-electron chi connectivity index (χ4n) is 6.87. The molecule has 3 aromatic heterocycles. The molecule has 53 heavy (non-hydrogen) atoms. The second kappa shape index (κ2) is 14.9. The molecule has 2 amide bonds. The first kappa shape index (κ1) is 34.7. The second-order valence-electron chi connectivity index (χ2n) is 13.2. The van der Waals surface area contributed by atoms with E-state index in [0.29, 0.717) is 0 Å². The third-order valence-electron chi connectivity index (χ3n) is 9.57. The number of carbonyl (C=O) groups excluding carboxylic acids is 2. The molecule has 5 aromatic carbocycles. The van der Waals surface area contributed by atoms with Crippen LogP contribution in [0.25, 0.3) is 50.8 Å². The van der Waals surface area contributed by atoms with Gasteiger partial charge in [-0.1, -0.05) is 84.9 Å². The molecular weight excluding hydrogens is 719 g/mol. The summed E-state index contributed by atoms with van der Waals surface area (Å²) in [5.74, 6) is -2.23. The fraction of sp³-hybridized carbons (Fsp3) is 0.140. The van der Waals surface area contributed by atoms with Crippen LogP contribution in [0, 0.1) is 0 Å². The molecule has 8 rings (SSSR count). The fourth-order valence-corrected chi connectivity index (χ4v) is 9.88. The topological polar surface area (TPSA) is 122 Å². The quantitative estimate of drug-likeness (QED) is 0.0997. The maximum Gasteiger partial charge on any atom is 0.326 e. The zero-order chi connectivity index (χ0) is 36.5. The molecule has 0 aliphatic carbocycles. The van der Waals surface area contributed by atoms with Gasteiger partial charge < -0.3 is 21.5 Å². The number of hydrogen-bond acceptors (Lipinski definition) is 7. The molecule has 0 aliphatic heterocycles. The highest BCUT2D eigenvalue weighted by Gasteiger charge is 2.28. The Morgan fingerprint density at radius 3 is 1.81 bits per heavy atom. The van der Waals surface area contributed by atoms with Gasteiger partial charge in [0, 0.05) is 58.1 Å². The minimum absolute atomic E-state index is 0.110. The molecule has 3 atom stereocenters. The van der Waals surface area contributed by atoms with E-state index >= 15 is 0 Å². The summed E-state index contributed by atoms with van der Waals surface area (Å²) in [4.78, 5) is 40.3. The molecule has 0 spiro atoms. The maximum absolute atomic E-state index is 13.5. The van der Waals surface area contributed by atoms with E-state index in [2.05, 4.69) is 64.5 Å². The number of hydrogen-bond donors (Lipinski definition) is 4. The molecule has 3 heterocycles. The van der Waals surface area contributed by atoms with Crippen molar-refractivity contribution in [2.75, 3.05) is 0 Å². The summed E-state index contributed by atoms with van der Waals surface area (Å²) in [6.45, 7) is 0. The Morgan fingerprint density at radius 1 is 0.585 bits per heavy atom. The molecule has 0 unspecified atom stereocenters. The minimum atomic E-state index is -1.17. The highest BCUT2D eigenvalue weighted by Crippen LogP contribution is 2.46. The molecule has 5 N–H and O–H groups in total. The summed E-state index contributed by atoms with van der Waals surface area (Å²) < 4.78 is 5.13. The Bertz CT molecular complexity index is 2590. The van der Waals surface area contributed by atoms with Crippen molar-refractivity contribution >= 4 is 92.1 Å². The lowest BCUT2D eigenvalue weighted by Crippen LogP contribution is -2.55. The average molecular weight is 754 g/mol. The van der Waals surface area contributed by atoms with E-state index in [4.69, 9.17) is 5.73 Å². The number of fused-ring (bicyclic) bond motifs is 7. The zero-order valence-corrected chi connectivity index (χ0v) is 30.9. The van der Waals surface area contributed by atoms with Crippen molar-refractivity contribution < 1.29 is 19.5 Å². The second-order valence-corrected chi connectivity index (χ2v) is 16.3. The molecule has 8 aromatic rings. The number of benzene rings is 5. The Labute approximate surface area is 317 Å². The van der Waals surface area contributed by atoms with Crippen molar-refractivity contribution in [1.82, 2.24) is 10.6 Å². The number of carboxylic acids is 1. The normalized spacial score (nSPS) is 13.3. The molecule has 10 heteroatoms. The number of amides is 2. The van der Waals surface area contributed by atoms with Gasteiger partial charge in [0.2, 0.25) is 11.8 Å². The predicted molar refractivity (Wildman–Crippen MR) is 219 cm³/mol. The lowest BCUT2D eigenvalue weighted by molar-refractivity contribution is -0.142. The first-order valence-corrected chi connectivity index (χ1v) is 19.8. The van der Waals surface area contributed by atoms with Crippen molar-refractivity contribution in [1.29, 1.82) is 0 Å². The average Bonchev–Trinajstić information content (AvgIpc) is 3.92. The molecule has 0 radical (unpaired) electrons. The van der Waals surface area contributed by atoms with Crippen LogP contribution in [0.1, 0.15) is 16.7 Å². The van der Waals surface area contributed by atoms with Crippen LogP contribution in [-0.4, -0.2) is 41.0 Å². The van der Waals surface area contributed by atoms with Gasteiger partial charge in [0.25, 0.3) is 0 Å². The summed E-state index contributed by atoms with van der Waals surface area (Å²) in [7, 11) is 0. The van der Waals surface area contributed by atoms with Crippen LogP contribution in [0.5, 0.6) is 0 Å². The molecule has 0 fully saturated rings. The van der Waals surface area contributed by atoms with Crippen molar-refractivity contribution in [3.05, 3.63) is 143 Å². The number of nitrogens with two attached hydrogens (primary N) is 1. The number of thiophene rings is 3.